The molecule has 130 valence electrons. The Morgan fingerprint density at radius 1 is 1.00 bits per heavy atom. The van der Waals surface area contributed by atoms with Crippen LogP contribution in [0.15, 0.2) is 66.0 Å². The summed E-state index contributed by atoms with van der Waals surface area (Å²) < 4.78 is 0. The van der Waals surface area contributed by atoms with Crippen LogP contribution >= 0.6 is 11.3 Å². The van der Waals surface area contributed by atoms with Crippen molar-refractivity contribution in [2.75, 3.05) is 24.5 Å². The first-order chi connectivity index (χ1) is 12.8. The van der Waals surface area contributed by atoms with Crippen LogP contribution in [-0.4, -0.2) is 25.5 Å². The Morgan fingerprint density at radius 3 is 2.65 bits per heavy atom. The Labute approximate surface area is 157 Å². The SMILES string of the molecule is O=C(c1ccc(-c2cccs2)cc1)N1C[C@H]2CNC[C@H]2c2ccccc21. The van der Waals surface area contributed by atoms with Gasteiger partial charge in [0.2, 0.25) is 0 Å². The van der Waals surface area contributed by atoms with Crippen LogP contribution in [0.5, 0.6) is 0 Å². The van der Waals surface area contributed by atoms with E-state index in [-0.39, 0.29) is 5.91 Å². The molecular formula is C22H20N2OS. The van der Waals surface area contributed by atoms with E-state index in [4.69, 9.17) is 0 Å². The van der Waals surface area contributed by atoms with Gasteiger partial charge >= 0.3 is 0 Å². The Hall–Kier alpha value is -2.43. The second-order valence-electron chi connectivity index (χ2n) is 7.05. The van der Waals surface area contributed by atoms with Crippen LogP contribution in [0.3, 0.4) is 0 Å². The quantitative estimate of drug-likeness (QED) is 0.736. The topological polar surface area (TPSA) is 32.3 Å². The van der Waals surface area contributed by atoms with Gasteiger partial charge in [-0.3, -0.25) is 4.79 Å². The van der Waals surface area contributed by atoms with Gasteiger partial charge in [-0.05, 0) is 46.7 Å². The molecule has 26 heavy (non-hydrogen) atoms. The highest BCUT2D eigenvalue weighted by Gasteiger charge is 2.38. The summed E-state index contributed by atoms with van der Waals surface area (Å²) >= 11 is 1.72. The van der Waals surface area contributed by atoms with E-state index in [0.29, 0.717) is 11.8 Å². The molecule has 1 N–H and O–H groups in total. The molecule has 3 heterocycles. The lowest BCUT2D eigenvalue weighted by molar-refractivity contribution is 0.0980. The number of carbonyl (C=O) groups excluding carboxylic acids is 1. The van der Waals surface area contributed by atoms with Gasteiger partial charge in [0.05, 0.1) is 0 Å². The van der Waals surface area contributed by atoms with Gasteiger partial charge in [-0.15, -0.1) is 11.3 Å². The van der Waals surface area contributed by atoms with Crippen molar-refractivity contribution in [1.29, 1.82) is 0 Å². The normalized spacial score (nSPS) is 21.3. The van der Waals surface area contributed by atoms with Crippen LogP contribution in [0.25, 0.3) is 10.4 Å². The average molecular weight is 360 g/mol. The molecule has 2 aliphatic heterocycles. The molecule has 0 unspecified atom stereocenters. The van der Waals surface area contributed by atoms with Gasteiger partial charge in [-0.1, -0.05) is 36.4 Å². The van der Waals surface area contributed by atoms with E-state index in [2.05, 4.69) is 53.2 Å². The van der Waals surface area contributed by atoms with Crippen molar-refractivity contribution < 1.29 is 4.79 Å². The van der Waals surface area contributed by atoms with Crippen molar-refractivity contribution in [3.63, 3.8) is 0 Å². The Kier molecular flexibility index (Phi) is 3.88. The summed E-state index contributed by atoms with van der Waals surface area (Å²) in [6.45, 7) is 2.79. The molecule has 1 aromatic heterocycles. The second-order valence-corrected chi connectivity index (χ2v) is 8.00. The molecule has 2 aliphatic rings. The number of benzene rings is 2. The van der Waals surface area contributed by atoms with Crippen molar-refractivity contribution >= 4 is 22.9 Å². The molecule has 0 aliphatic carbocycles. The van der Waals surface area contributed by atoms with Crippen LogP contribution < -0.4 is 10.2 Å². The molecule has 2 atom stereocenters. The summed E-state index contributed by atoms with van der Waals surface area (Å²) in [7, 11) is 0. The zero-order valence-corrected chi connectivity index (χ0v) is 15.2. The minimum absolute atomic E-state index is 0.0977. The van der Waals surface area contributed by atoms with Gasteiger partial charge in [0.1, 0.15) is 0 Å². The van der Waals surface area contributed by atoms with Gasteiger partial charge in [0.25, 0.3) is 5.91 Å². The first-order valence-electron chi connectivity index (χ1n) is 9.07. The minimum atomic E-state index is 0.0977. The van der Waals surface area contributed by atoms with E-state index in [0.717, 1.165) is 36.4 Å². The zero-order chi connectivity index (χ0) is 17.5. The summed E-state index contributed by atoms with van der Waals surface area (Å²) in [5.41, 5.74) is 4.29. The lowest BCUT2D eigenvalue weighted by atomic mass is 9.83. The molecule has 2 aromatic carbocycles. The van der Waals surface area contributed by atoms with Crippen LogP contribution in [0, 0.1) is 5.92 Å². The highest BCUT2D eigenvalue weighted by Crippen LogP contribution is 2.40. The number of nitrogens with zero attached hydrogens (tertiary/aromatic N) is 1. The monoisotopic (exact) mass is 360 g/mol. The van der Waals surface area contributed by atoms with Crippen molar-refractivity contribution in [1.82, 2.24) is 5.32 Å². The number of hydrogen-bond acceptors (Lipinski definition) is 3. The zero-order valence-electron chi connectivity index (χ0n) is 14.4. The maximum atomic E-state index is 13.3. The van der Waals surface area contributed by atoms with E-state index < -0.39 is 0 Å². The molecule has 1 amide bonds. The summed E-state index contributed by atoms with van der Waals surface area (Å²) in [6, 6.07) is 20.5. The van der Waals surface area contributed by atoms with E-state index >= 15 is 0 Å². The molecule has 1 saturated heterocycles. The van der Waals surface area contributed by atoms with E-state index in [1.54, 1.807) is 11.3 Å². The molecule has 0 saturated carbocycles. The summed E-state index contributed by atoms with van der Waals surface area (Å²) in [4.78, 5) is 16.5. The number of rotatable bonds is 2. The van der Waals surface area contributed by atoms with Crippen molar-refractivity contribution in [2.45, 2.75) is 5.92 Å². The van der Waals surface area contributed by atoms with Crippen molar-refractivity contribution in [2.24, 2.45) is 5.92 Å². The minimum Gasteiger partial charge on any atom is -0.316 e. The number of fused-ring (bicyclic) bond motifs is 3. The van der Waals surface area contributed by atoms with Gasteiger partial charge in [0, 0.05) is 41.7 Å². The highest BCUT2D eigenvalue weighted by molar-refractivity contribution is 7.13. The number of thiophene rings is 1. The fourth-order valence-corrected chi connectivity index (χ4v) is 4.97. The molecule has 3 nitrogen and oxygen atoms in total. The third-order valence-corrected chi connectivity index (χ3v) is 6.49. The third kappa shape index (κ3) is 2.57. The van der Waals surface area contributed by atoms with Gasteiger partial charge in [-0.25, -0.2) is 0 Å². The summed E-state index contributed by atoms with van der Waals surface area (Å²) in [5.74, 6) is 1.12. The van der Waals surface area contributed by atoms with Crippen LogP contribution in [0.2, 0.25) is 0 Å². The van der Waals surface area contributed by atoms with E-state index in [9.17, 15) is 4.79 Å². The summed E-state index contributed by atoms with van der Waals surface area (Å²) in [6.07, 6.45) is 0. The fraction of sp³-hybridized carbons (Fsp3) is 0.227. The number of hydrogen-bond donors (Lipinski definition) is 1. The fourth-order valence-electron chi connectivity index (χ4n) is 4.24. The molecular weight excluding hydrogens is 340 g/mol. The van der Waals surface area contributed by atoms with Crippen LogP contribution in [0.1, 0.15) is 21.8 Å². The molecule has 4 heteroatoms. The number of nitrogens with one attached hydrogen (secondary N) is 1. The average Bonchev–Trinajstić information content (AvgIpc) is 3.39. The third-order valence-electron chi connectivity index (χ3n) is 5.57. The molecule has 0 spiro atoms. The Morgan fingerprint density at radius 2 is 1.85 bits per heavy atom. The summed E-state index contributed by atoms with van der Waals surface area (Å²) in [5, 5.41) is 5.57. The lowest BCUT2D eigenvalue weighted by Crippen LogP contribution is -2.41. The molecule has 0 bridgehead atoms. The standard InChI is InChI=1S/C22H20N2OS/c25-22(16-9-7-15(8-10-16)21-6-3-11-26-21)24-14-17-12-23-13-19(17)18-4-1-2-5-20(18)24/h1-11,17,19,23H,12-14H2/t17-,19-/m1/s1. The number of carbonyl (C=O) groups is 1. The van der Waals surface area contributed by atoms with Crippen molar-refractivity contribution in [3.05, 3.63) is 77.2 Å². The first kappa shape index (κ1) is 15.8. The van der Waals surface area contributed by atoms with Gasteiger partial charge < -0.3 is 10.2 Å². The lowest BCUT2D eigenvalue weighted by Gasteiger charge is -2.36. The number of para-hydroxylation sites is 1. The number of amides is 1. The van der Waals surface area contributed by atoms with Gasteiger partial charge in [0.15, 0.2) is 0 Å². The molecule has 3 aromatic rings. The molecule has 0 radical (unpaired) electrons. The predicted molar refractivity (Wildman–Crippen MR) is 107 cm³/mol. The maximum absolute atomic E-state index is 13.3. The predicted octanol–water partition coefficient (Wildman–Crippen LogP) is 4.38. The maximum Gasteiger partial charge on any atom is 0.258 e. The first-order valence-corrected chi connectivity index (χ1v) is 9.94. The van der Waals surface area contributed by atoms with Gasteiger partial charge in [-0.2, -0.15) is 0 Å². The molecule has 5 rings (SSSR count). The van der Waals surface area contributed by atoms with E-state index in [1.165, 1.54) is 10.4 Å². The highest BCUT2D eigenvalue weighted by atomic mass is 32.1. The van der Waals surface area contributed by atoms with Crippen LogP contribution in [0.4, 0.5) is 5.69 Å². The van der Waals surface area contributed by atoms with Crippen LogP contribution in [-0.2, 0) is 0 Å². The van der Waals surface area contributed by atoms with Crippen molar-refractivity contribution in [3.8, 4) is 10.4 Å². The largest absolute Gasteiger partial charge is 0.316 e. The smallest absolute Gasteiger partial charge is 0.258 e. The Bertz CT molecular complexity index is 933. The second kappa shape index (κ2) is 6.38. The van der Waals surface area contributed by atoms with E-state index in [1.807, 2.05) is 23.1 Å². The number of anilines is 1. The molecule has 1 fully saturated rings. The Balaban J connectivity index is 1.48.